The van der Waals surface area contributed by atoms with Crippen molar-refractivity contribution in [2.24, 2.45) is 0 Å². The average Bonchev–Trinajstić information content (AvgIpc) is 2.53. The van der Waals surface area contributed by atoms with Crippen molar-refractivity contribution in [2.75, 3.05) is 24.7 Å². The van der Waals surface area contributed by atoms with Gasteiger partial charge in [-0.25, -0.2) is 4.98 Å². The smallest absolute Gasteiger partial charge is 0.222 e. The van der Waals surface area contributed by atoms with Gasteiger partial charge in [0.15, 0.2) is 18.1 Å². The Morgan fingerprint density at radius 2 is 1.91 bits per heavy atom. The summed E-state index contributed by atoms with van der Waals surface area (Å²) in [5.41, 5.74) is 12.3. The summed E-state index contributed by atoms with van der Waals surface area (Å²) >= 11 is 0. The lowest BCUT2D eigenvalue weighted by atomic mass is 10.1. The molecule has 23 heavy (non-hydrogen) atoms. The molecule has 1 heterocycles. The van der Waals surface area contributed by atoms with E-state index in [9.17, 15) is 5.26 Å². The van der Waals surface area contributed by atoms with Crippen molar-refractivity contribution in [1.82, 2.24) is 9.97 Å². The highest BCUT2D eigenvalue weighted by Crippen LogP contribution is 2.34. The molecule has 2 aromatic rings. The van der Waals surface area contributed by atoms with Gasteiger partial charge in [0.1, 0.15) is 23.5 Å². The van der Waals surface area contributed by atoms with Crippen LogP contribution in [0.1, 0.15) is 12.5 Å². The molecule has 2 rings (SSSR count). The number of hydrogen-bond acceptors (Lipinski definition) is 8. The van der Waals surface area contributed by atoms with E-state index in [2.05, 4.69) is 9.97 Å². The second kappa shape index (κ2) is 6.96. The summed E-state index contributed by atoms with van der Waals surface area (Å²) in [5, 5.41) is 17.9. The summed E-state index contributed by atoms with van der Waals surface area (Å²) in [6.07, 6.45) is 0. The van der Waals surface area contributed by atoms with Crippen LogP contribution in [0.15, 0.2) is 18.2 Å². The number of hydrogen-bond donors (Lipinski definition) is 2. The molecule has 0 unspecified atom stereocenters. The number of nitrogens with two attached hydrogens (primary N) is 2. The molecule has 0 fully saturated rings. The molecular formula is C15H14N6O2. The predicted octanol–water partition coefficient (Wildman–Crippen LogP) is 1.48. The van der Waals surface area contributed by atoms with Crippen LogP contribution in [0.5, 0.6) is 11.5 Å². The van der Waals surface area contributed by atoms with Gasteiger partial charge in [0.05, 0.1) is 12.3 Å². The number of nitrogens with zero attached hydrogens (tertiary/aromatic N) is 4. The van der Waals surface area contributed by atoms with Gasteiger partial charge < -0.3 is 20.9 Å². The van der Waals surface area contributed by atoms with E-state index in [1.54, 1.807) is 18.2 Å². The van der Waals surface area contributed by atoms with Gasteiger partial charge in [-0.15, -0.1) is 0 Å². The minimum Gasteiger partial charge on any atom is -0.490 e. The van der Waals surface area contributed by atoms with Crippen molar-refractivity contribution in [2.45, 2.75) is 6.92 Å². The Hall–Kier alpha value is -3.52. The first-order chi connectivity index (χ1) is 11.1. The minimum atomic E-state index is -0.101. The summed E-state index contributed by atoms with van der Waals surface area (Å²) in [6.45, 7) is 2.13. The normalized spacial score (nSPS) is 9.70. The van der Waals surface area contributed by atoms with Gasteiger partial charge in [0, 0.05) is 5.56 Å². The third-order valence-electron chi connectivity index (χ3n) is 2.88. The third-order valence-corrected chi connectivity index (χ3v) is 2.88. The number of aromatic nitrogens is 2. The Morgan fingerprint density at radius 3 is 2.57 bits per heavy atom. The SMILES string of the molecule is CCOc1cc(-c2nc(N)nc(N)c2C#N)ccc1OCC#N. The number of benzene rings is 1. The number of ether oxygens (including phenoxy) is 2. The van der Waals surface area contributed by atoms with Crippen LogP contribution in [-0.4, -0.2) is 23.2 Å². The second-order valence-corrected chi connectivity index (χ2v) is 4.34. The van der Waals surface area contributed by atoms with Gasteiger partial charge in [-0.2, -0.15) is 15.5 Å². The van der Waals surface area contributed by atoms with Gasteiger partial charge in [-0.1, -0.05) is 0 Å². The molecule has 0 saturated heterocycles. The average molecular weight is 310 g/mol. The molecule has 1 aromatic carbocycles. The monoisotopic (exact) mass is 310 g/mol. The third kappa shape index (κ3) is 3.39. The van der Waals surface area contributed by atoms with Crippen LogP contribution in [0.25, 0.3) is 11.3 Å². The Kier molecular flexibility index (Phi) is 4.80. The van der Waals surface area contributed by atoms with E-state index < -0.39 is 0 Å². The summed E-state index contributed by atoms with van der Waals surface area (Å²) in [5.74, 6) is 0.836. The van der Waals surface area contributed by atoms with Crippen LogP contribution < -0.4 is 20.9 Å². The number of anilines is 2. The molecule has 0 saturated carbocycles. The van der Waals surface area contributed by atoms with Crippen molar-refractivity contribution in [3.05, 3.63) is 23.8 Å². The highest BCUT2D eigenvalue weighted by atomic mass is 16.5. The number of rotatable bonds is 5. The van der Waals surface area contributed by atoms with Gasteiger partial charge in [-0.05, 0) is 25.1 Å². The van der Waals surface area contributed by atoms with E-state index in [1.807, 2.05) is 19.1 Å². The molecule has 8 nitrogen and oxygen atoms in total. The standard InChI is InChI=1S/C15H14N6O2/c1-2-22-12-7-9(3-4-11(12)23-6-5-16)13-10(8-17)14(18)21-15(19)20-13/h3-4,7H,2,6H2,1H3,(H4,18,19,20,21). The first-order valence-corrected chi connectivity index (χ1v) is 6.70. The Balaban J connectivity index is 2.55. The maximum atomic E-state index is 9.25. The van der Waals surface area contributed by atoms with Crippen LogP contribution in [0.3, 0.4) is 0 Å². The quantitative estimate of drug-likeness (QED) is 0.844. The van der Waals surface area contributed by atoms with E-state index in [1.165, 1.54) is 0 Å². The molecule has 0 atom stereocenters. The van der Waals surface area contributed by atoms with Gasteiger partial charge >= 0.3 is 0 Å². The lowest BCUT2D eigenvalue weighted by Gasteiger charge is -2.12. The van der Waals surface area contributed by atoms with Gasteiger partial charge in [0.2, 0.25) is 5.95 Å². The van der Waals surface area contributed by atoms with Crippen molar-refractivity contribution < 1.29 is 9.47 Å². The van der Waals surface area contributed by atoms with Gasteiger partial charge in [-0.3, -0.25) is 0 Å². The lowest BCUT2D eigenvalue weighted by Crippen LogP contribution is -2.05. The zero-order valence-electron chi connectivity index (χ0n) is 12.4. The van der Waals surface area contributed by atoms with Crippen molar-refractivity contribution in [1.29, 1.82) is 10.5 Å². The van der Waals surface area contributed by atoms with Crippen LogP contribution in [0.2, 0.25) is 0 Å². The molecule has 0 spiro atoms. The zero-order chi connectivity index (χ0) is 16.8. The molecular weight excluding hydrogens is 296 g/mol. The fourth-order valence-electron chi connectivity index (χ4n) is 1.97. The van der Waals surface area contributed by atoms with Crippen LogP contribution in [-0.2, 0) is 0 Å². The summed E-state index contributed by atoms with van der Waals surface area (Å²) in [6, 6.07) is 8.82. The molecule has 0 aliphatic rings. The zero-order valence-corrected chi connectivity index (χ0v) is 12.4. The summed E-state index contributed by atoms with van der Waals surface area (Å²) < 4.78 is 10.8. The van der Waals surface area contributed by atoms with Crippen molar-refractivity contribution >= 4 is 11.8 Å². The Labute approximate surface area is 132 Å². The molecule has 0 radical (unpaired) electrons. The first-order valence-electron chi connectivity index (χ1n) is 6.70. The molecule has 0 aliphatic carbocycles. The highest BCUT2D eigenvalue weighted by Gasteiger charge is 2.15. The topological polar surface area (TPSA) is 144 Å². The first kappa shape index (κ1) is 15.9. The molecule has 0 amide bonds. The van der Waals surface area contributed by atoms with Crippen molar-refractivity contribution in [3.8, 4) is 34.9 Å². The van der Waals surface area contributed by atoms with Crippen LogP contribution in [0, 0.1) is 22.7 Å². The maximum Gasteiger partial charge on any atom is 0.222 e. The summed E-state index contributed by atoms with van der Waals surface area (Å²) in [4.78, 5) is 7.86. The summed E-state index contributed by atoms with van der Waals surface area (Å²) in [7, 11) is 0. The molecule has 116 valence electrons. The molecule has 8 heteroatoms. The number of nitriles is 2. The van der Waals surface area contributed by atoms with E-state index in [0.717, 1.165) is 0 Å². The highest BCUT2D eigenvalue weighted by molar-refractivity contribution is 5.74. The Morgan fingerprint density at radius 1 is 1.13 bits per heavy atom. The Bertz CT molecular complexity index is 807. The fraction of sp³-hybridized carbons (Fsp3) is 0.200. The number of nitrogen functional groups attached to an aromatic ring is 2. The van der Waals surface area contributed by atoms with E-state index in [0.29, 0.717) is 29.4 Å². The van der Waals surface area contributed by atoms with Gasteiger partial charge in [0.25, 0.3) is 0 Å². The maximum absolute atomic E-state index is 9.25. The van der Waals surface area contributed by atoms with E-state index >= 15 is 0 Å². The van der Waals surface area contributed by atoms with Crippen molar-refractivity contribution in [3.63, 3.8) is 0 Å². The molecule has 0 aliphatic heterocycles. The largest absolute Gasteiger partial charge is 0.490 e. The second-order valence-electron chi connectivity index (χ2n) is 4.34. The molecule has 1 aromatic heterocycles. The van der Waals surface area contributed by atoms with Crippen LogP contribution >= 0.6 is 0 Å². The predicted molar refractivity (Wildman–Crippen MR) is 83.3 cm³/mol. The van der Waals surface area contributed by atoms with E-state index in [-0.39, 0.29) is 23.9 Å². The van der Waals surface area contributed by atoms with E-state index in [4.69, 9.17) is 26.2 Å². The minimum absolute atomic E-state index is 0.0118. The molecule has 0 bridgehead atoms. The van der Waals surface area contributed by atoms with Crippen LogP contribution in [0.4, 0.5) is 11.8 Å². The fourth-order valence-corrected chi connectivity index (χ4v) is 1.97. The molecule has 4 N–H and O–H groups in total. The lowest BCUT2D eigenvalue weighted by molar-refractivity contribution is 0.299.